The van der Waals surface area contributed by atoms with E-state index in [0.717, 1.165) is 0 Å². The van der Waals surface area contributed by atoms with Crippen molar-refractivity contribution in [1.82, 2.24) is 15.5 Å². The van der Waals surface area contributed by atoms with Crippen molar-refractivity contribution >= 4 is 35.5 Å². The summed E-state index contributed by atoms with van der Waals surface area (Å²) in [4.78, 5) is 72.3. The molecule has 5 amide bonds. The summed E-state index contributed by atoms with van der Waals surface area (Å²) in [5.74, 6) is -4.62. The van der Waals surface area contributed by atoms with Crippen molar-refractivity contribution in [1.29, 1.82) is 0 Å². The van der Waals surface area contributed by atoms with Crippen LogP contribution in [0.15, 0.2) is 0 Å². The number of carboxylic acids is 1. The average Bonchev–Trinajstić information content (AvgIpc) is 3.16. The van der Waals surface area contributed by atoms with E-state index in [-0.39, 0.29) is 38.6 Å². The van der Waals surface area contributed by atoms with Crippen molar-refractivity contribution < 1.29 is 33.9 Å². The molecule has 0 aromatic carbocycles. The van der Waals surface area contributed by atoms with Gasteiger partial charge in [-0.05, 0) is 32.6 Å². The van der Waals surface area contributed by atoms with E-state index in [1.165, 1.54) is 11.8 Å². The Bertz CT molecular complexity index is 726. The van der Waals surface area contributed by atoms with Gasteiger partial charge in [0, 0.05) is 19.4 Å². The lowest BCUT2D eigenvalue weighted by Crippen LogP contribution is -2.56. The fourth-order valence-electron chi connectivity index (χ4n) is 3.16. The topological polar surface area (TPSA) is 228 Å². The van der Waals surface area contributed by atoms with E-state index in [9.17, 15) is 33.9 Å². The van der Waals surface area contributed by atoms with Crippen LogP contribution >= 0.6 is 0 Å². The molecule has 4 unspecified atom stereocenters. The summed E-state index contributed by atoms with van der Waals surface area (Å²) in [7, 11) is 0. The van der Waals surface area contributed by atoms with Crippen molar-refractivity contribution in [2.75, 3.05) is 6.54 Å². The normalized spacial score (nSPS) is 18.5. The van der Waals surface area contributed by atoms with Gasteiger partial charge in [0.05, 0.1) is 6.04 Å². The highest BCUT2D eigenvalue weighted by molar-refractivity contribution is 5.94. The molecule has 0 spiro atoms. The summed E-state index contributed by atoms with van der Waals surface area (Å²) in [6.45, 7) is 1.63. The van der Waals surface area contributed by atoms with Crippen LogP contribution in [-0.2, 0) is 28.8 Å². The van der Waals surface area contributed by atoms with E-state index in [2.05, 4.69) is 10.6 Å². The van der Waals surface area contributed by atoms with Crippen LogP contribution in [0.4, 0.5) is 0 Å². The minimum absolute atomic E-state index is 0.0756. The lowest BCUT2D eigenvalue weighted by Gasteiger charge is -2.29. The van der Waals surface area contributed by atoms with Crippen LogP contribution in [0.3, 0.4) is 0 Å². The molecule has 0 aromatic rings. The van der Waals surface area contributed by atoms with Crippen molar-refractivity contribution in [3.8, 4) is 0 Å². The highest BCUT2D eigenvalue weighted by Crippen LogP contribution is 2.20. The van der Waals surface area contributed by atoms with Crippen LogP contribution in [-0.4, -0.2) is 76.2 Å². The van der Waals surface area contributed by atoms with Gasteiger partial charge in [-0.15, -0.1) is 0 Å². The summed E-state index contributed by atoms with van der Waals surface area (Å²) >= 11 is 0. The van der Waals surface area contributed by atoms with E-state index in [4.69, 9.17) is 17.2 Å². The first-order chi connectivity index (χ1) is 14.4. The zero-order chi connectivity index (χ0) is 23.7. The molecule has 1 heterocycles. The lowest BCUT2D eigenvalue weighted by molar-refractivity contribution is -0.145. The zero-order valence-electron chi connectivity index (χ0n) is 17.3. The molecule has 0 bridgehead atoms. The summed E-state index contributed by atoms with van der Waals surface area (Å²) in [6.07, 6.45) is 0.0876. The van der Waals surface area contributed by atoms with Gasteiger partial charge in [-0.2, -0.15) is 0 Å². The minimum atomic E-state index is -1.35. The first kappa shape index (κ1) is 25.8. The molecule has 9 N–H and O–H groups in total. The molecular weight excluding hydrogens is 412 g/mol. The average molecular weight is 442 g/mol. The van der Waals surface area contributed by atoms with Crippen LogP contribution < -0.4 is 27.8 Å². The number of nitrogens with one attached hydrogen (secondary N) is 2. The van der Waals surface area contributed by atoms with Crippen molar-refractivity contribution in [3.63, 3.8) is 0 Å². The Morgan fingerprint density at radius 1 is 1.00 bits per heavy atom. The number of carboxylic acid groups (broad SMARTS) is 1. The van der Waals surface area contributed by atoms with Gasteiger partial charge in [0.1, 0.15) is 18.1 Å². The molecule has 1 aliphatic rings. The molecule has 0 saturated carbocycles. The second-order valence-corrected chi connectivity index (χ2v) is 7.45. The van der Waals surface area contributed by atoms with Gasteiger partial charge in [0.15, 0.2) is 0 Å². The number of amides is 5. The predicted octanol–water partition coefficient (Wildman–Crippen LogP) is -3.09. The molecule has 1 fully saturated rings. The Morgan fingerprint density at radius 2 is 1.55 bits per heavy atom. The number of nitrogens with two attached hydrogens (primary N) is 3. The Labute approximate surface area is 179 Å². The number of carbonyl (C=O) groups is 6. The van der Waals surface area contributed by atoms with Gasteiger partial charge in [0.25, 0.3) is 0 Å². The van der Waals surface area contributed by atoms with Crippen molar-refractivity contribution in [2.24, 2.45) is 17.2 Å². The molecule has 1 rings (SSSR count). The molecule has 1 saturated heterocycles. The number of hydrogen-bond donors (Lipinski definition) is 6. The summed E-state index contributed by atoms with van der Waals surface area (Å²) in [5.41, 5.74) is 15.7. The molecule has 0 aliphatic carbocycles. The number of hydrogen-bond acceptors (Lipinski definition) is 7. The summed E-state index contributed by atoms with van der Waals surface area (Å²) in [6, 6.07) is -4.33. The quantitative estimate of drug-likeness (QED) is 0.181. The van der Waals surface area contributed by atoms with Crippen LogP contribution in [0.2, 0.25) is 0 Å². The number of primary amides is 2. The minimum Gasteiger partial charge on any atom is -0.480 e. The number of aliphatic carboxylic acids is 1. The van der Waals surface area contributed by atoms with E-state index in [0.29, 0.717) is 6.42 Å². The summed E-state index contributed by atoms with van der Waals surface area (Å²) < 4.78 is 0. The Hall–Kier alpha value is -3.22. The van der Waals surface area contributed by atoms with Gasteiger partial charge in [-0.3, -0.25) is 24.0 Å². The fourth-order valence-corrected chi connectivity index (χ4v) is 3.16. The van der Waals surface area contributed by atoms with Crippen LogP contribution in [0.25, 0.3) is 0 Å². The monoisotopic (exact) mass is 442 g/mol. The molecular formula is C18H30N6O7. The number of rotatable bonds is 12. The highest BCUT2D eigenvalue weighted by Gasteiger charge is 2.39. The standard InChI is InChI=1S/C18H30N6O7/c1-9(19)15(27)22-10(4-6-13(20)25)17(29)24-8-2-3-12(24)16(28)23-11(18(30)31)5-7-14(21)26/h9-12H,2-8,19H2,1H3,(H2,20,25)(H2,21,26)(H,22,27)(H,23,28)(H,30,31). The molecule has 4 atom stereocenters. The van der Waals surface area contributed by atoms with E-state index in [1.54, 1.807) is 0 Å². The van der Waals surface area contributed by atoms with Crippen LogP contribution in [0, 0.1) is 0 Å². The van der Waals surface area contributed by atoms with E-state index < -0.39 is 59.7 Å². The highest BCUT2D eigenvalue weighted by atomic mass is 16.4. The fraction of sp³-hybridized carbons (Fsp3) is 0.667. The molecule has 13 nitrogen and oxygen atoms in total. The van der Waals surface area contributed by atoms with Gasteiger partial charge in [0.2, 0.25) is 29.5 Å². The van der Waals surface area contributed by atoms with Gasteiger partial charge >= 0.3 is 5.97 Å². The maximum atomic E-state index is 13.0. The number of carbonyl (C=O) groups excluding carboxylic acids is 5. The second-order valence-electron chi connectivity index (χ2n) is 7.45. The Balaban J connectivity index is 2.93. The van der Waals surface area contributed by atoms with Gasteiger partial charge < -0.3 is 37.8 Å². The molecule has 1 aliphatic heterocycles. The first-order valence-corrected chi connectivity index (χ1v) is 9.90. The third kappa shape index (κ3) is 8.20. The maximum absolute atomic E-state index is 13.0. The molecule has 174 valence electrons. The first-order valence-electron chi connectivity index (χ1n) is 9.90. The predicted molar refractivity (Wildman–Crippen MR) is 107 cm³/mol. The van der Waals surface area contributed by atoms with Crippen LogP contribution in [0.1, 0.15) is 45.4 Å². The van der Waals surface area contributed by atoms with E-state index in [1.807, 2.05) is 0 Å². The molecule has 0 radical (unpaired) electrons. The summed E-state index contributed by atoms with van der Waals surface area (Å²) in [5, 5.41) is 14.0. The zero-order valence-corrected chi connectivity index (χ0v) is 17.3. The molecule has 13 heteroatoms. The van der Waals surface area contributed by atoms with Crippen molar-refractivity contribution in [2.45, 2.75) is 69.6 Å². The van der Waals surface area contributed by atoms with Gasteiger partial charge in [-0.1, -0.05) is 0 Å². The van der Waals surface area contributed by atoms with Gasteiger partial charge in [-0.25, -0.2) is 4.79 Å². The second kappa shape index (κ2) is 11.8. The largest absolute Gasteiger partial charge is 0.480 e. The third-order valence-electron chi connectivity index (χ3n) is 4.84. The van der Waals surface area contributed by atoms with Crippen LogP contribution in [0.5, 0.6) is 0 Å². The Morgan fingerprint density at radius 3 is 2.03 bits per heavy atom. The third-order valence-corrected chi connectivity index (χ3v) is 4.84. The molecule has 31 heavy (non-hydrogen) atoms. The van der Waals surface area contributed by atoms with E-state index >= 15 is 0 Å². The van der Waals surface area contributed by atoms with Crippen molar-refractivity contribution in [3.05, 3.63) is 0 Å². The lowest BCUT2D eigenvalue weighted by atomic mass is 10.1. The SMILES string of the molecule is CC(N)C(=O)NC(CCC(N)=O)C(=O)N1CCCC1C(=O)NC(CCC(N)=O)C(=O)O. The Kier molecular flexibility index (Phi) is 9.86. The molecule has 0 aromatic heterocycles. The number of nitrogens with zero attached hydrogens (tertiary/aromatic N) is 1. The maximum Gasteiger partial charge on any atom is 0.326 e. The number of likely N-dealkylation sites (tertiary alicyclic amines) is 1. The smallest absolute Gasteiger partial charge is 0.326 e.